The third-order valence-electron chi connectivity index (χ3n) is 4.73. The van der Waals surface area contributed by atoms with E-state index in [9.17, 15) is 18.0 Å². The Labute approximate surface area is 174 Å². The second-order valence-electron chi connectivity index (χ2n) is 6.92. The van der Waals surface area contributed by atoms with Gasteiger partial charge in [-0.05, 0) is 67.9 Å². The summed E-state index contributed by atoms with van der Waals surface area (Å²) < 4.78 is 40.9. The predicted octanol–water partition coefficient (Wildman–Crippen LogP) is 4.58. The second-order valence-corrected chi connectivity index (χ2v) is 7.88. The standard InChI is InChI=1S/C20H16F3N5OS/c1-10-5-4-6-14(7-10)27-11(2)8-13(12(27)3)9-15-16(24)28-19(25-17(15)29)30-18(26-28)20(21,22)23/h4-9,24H,1-3H3/b15-9+,24-16?. The Balaban J connectivity index is 1.75. The van der Waals surface area contributed by atoms with Gasteiger partial charge in [0.1, 0.15) is 0 Å². The first-order chi connectivity index (χ1) is 14.1. The van der Waals surface area contributed by atoms with Crippen molar-refractivity contribution in [3.8, 4) is 5.69 Å². The molecule has 154 valence electrons. The van der Waals surface area contributed by atoms with Crippen LogP contribution in [0.3, 0.4) is 0 Å². The van der Waals surface area contributed by atoms with Gasteiger partial charge in [0.2, 0.25) is 10.2 Å². The molecule has 2 aliphatic rings. The first kappa shape index (κ1) is 20.1. The summed E-state index contributed by atoms with van der Waals surface area (Å²) >= 11 is 0.234. The maximum atomic E-state index is 13.0. The van der Waals surface area contributed by atoms with E-state index in [0.29, 0.717) is 5.56 Å². The van der Waals surface area contributed by atoms with Crippen LogP contribution in [0.1, 0.15) is 22.5 Å². The van der Waals surface area contributed by atoms with Crippen LogP contribution in [0.2, 0.25) is 0 Å². The van der Waals surface area contributed by atoms with Gasteiger partial charge in [0.25, 0.3) is 5.91 Å². The number of alkyl halides is 3. The molecular formula is C20H16F3N5OS. The van der Waals surface area contributed by atoms with E-state index in [1.165, 1.54) is 6.08 Å². The molecule has 4 rings (SSSR count). The molecule has 0 saturated heterocycles. The minimum Gasteiger partial charge on any atom is -0.318 e. The number of fused-ring (bicyclic) bond motifs is 1. The molecule has 1 aromatic heterocycles. The number of aromatic nitrogens is 1. The number of aryl methyl sites for hydroxylation is 2. The Morgan fingerprint density at radius 2 is 1.90 bits per heavy atom. The number of nitrogens with one attached hydrogen (secondary N) is 1. The number of carbonyl (C=O) groups excluding carboxylic acids is 1. The second kappa shape index (κ2) is 6.98. The molecule has 0 saturated carbocycles. The minimum atomic E-state index is -4.67. The number of carbonyl (C=O) groups is 1. The van der Waals surface area contributed by atoms with E-state index >= 15 is 0 Å². The molecule has 1 aromatic carbocycles. The lowest BCUT2D eigenvalue weighted by Gasteiger charge is -2.20. The van der Waals surface area contributed by atoms with Crippen molar-refractivity contribution in [1.82, 2.24) is 9.58 Å². The van der Waals surface area contributed by atoms with Crippen molar-refractivity contribution in [2.75, 3.05) is 0 Å². The highest BCUT2D eigenvalue weighted by Crippen LogP contribution is 2.35. The van der Waals surface area contributed by atoms with Crippen LogP contribution in [0.15, 0.2) is 46.0 Å². The number of benzene rings is 1. The van der Waals surface area contributed by atoms with Gasteiger partial charge in [0, 0.05) is 17.1 Å². The molecule has 0 spiro atoms. The molecule has 0 radical (unpaired) electrons. The summed E-state index contributed by atoms with van der Waals surface area (Å²) in [6.07, 6.45) is -3.19. The number of thioether (sulfide) groups is 1. The van der Waals surface area contributed by atoms with E-state index in [1.54, 1.807) is 0 Å². The van der Waals surface area contributed by atoms with Gasteiger partial charge in [-0.15, -0.1) is 0 Å². The van der Waals surface area contributed by atoms with Crippen molar-refractivity contribution in [2.24, 2.45) is 10.1 Å². The zero-order chi connectivity index (χ0) is 21.8. The fourth-order valence-corrected chi connectivity index (χ4v) is 4.12. The maximum absolute atomic E-state index is 13.0. The van der Waals surface area contributed by atoms with Gasteiger partial charge in [-0.3, -0.25) is 10.2 Å². The third-order valence-corrected chi connectivity index (χ3v) is 5.68. The highest BCUT2D eigenvalue weighted by Gasteiger charge is 2.46. The van der Waals surface area contributed by atoms with Crippen molar-refractivity contribution in [3.63, 3.8) is 0 Å². The Morgan fingerprint density at radius 3 is 2.57 bits per heavy atom. The van der Waals surface area contributed by atoms with Crippen LogP contribution in [0, 0.1) is 26.2 Å². The van der Waals surface area contributed by atoms with Gasteiger partial charge >= 0.3 is 6.18 Å². The van der Waals surface area contributed by atoms with E-state index in [2.05, 4.69) is 10.1 Å². The molecule has 0 atom stereocenters. The Hall–Kier alpha value is -3.14. The molecule has 2 aliphatic heterocycles. The zero-order valence-corrected chi connectivity index (χ0v) is 17.0. The van der Waals surface area contributed by atoms with Crippen LogP contribution >= 0.6 is 11.8 Å². The Bertz CT molecular complexity index is 1190. The Kier molecular flexibility index (Phi) is 4.69. The molecular weight excluding hydrogens is 415 g/mol. The van der Waals surface area contributed by atoms with Crippen LogP contribution in [-0.2, 0) is 4.79 Å². The molecule has 30 heavy (non-hydrogen) atoms. The smallest absolute Gasteiger partial charge is 0.318 e. The predicted molar refractivity (Wildman–Crippen MR) is 111 cm³/mol. The van der Waals surface area contributed by atoms with Gasteiger partial charge < -0.3 is 4.57 Å². The summed E-state index contributed by atoms with van der Waals surface area (Å²) in [5, 5.41) is 11.0. The number of rotatable bonds is 2. The quantitative estimate of drug-likeness (QED) is 0.707. The Morgan fingerprint density at radius 1 is 1.17 bits per heavy atom. The number of hydrogen-bond donors (Lipinski definition) is 1. The molecule has 0 aliphatic carbocycles. The molecule has 6 nitrogen and oxygen atoms in total. The first-order valence-electron chi connectivity index (χ1n) is 8.89. The molecule has 1 amide bonds. The number of halogens is 3. The first-order valence-corrected chi connectivity index (χ1v) is 9.71. The van der Waals surface area contributed by atoms with Gasteiger partial charge in [-0.2, -0.15) is 28.3 Å². The normalized spacial score (nSPS) is 18.1. The van der Waals surface area contributed by atoms with Crippen LogP contribution < -0.4 is 0 Å². The number of nitrogens with zero attached hydrogens (tertiary/aromatic N) is 4. The molecule has 10 heteroatoms. The van der Waals surface area contributed by atoms with Crippen LogP contribution in [0.4, 0.5) is 13.2 Å². The number of aliphatic imine (C=N–C) groups is 1. The van der Waals surface area contributed by atoms with Gasteiger partial charge in [-0.25, -0.2) is 0 Å². The highest BCUT2D eigenvalue weighted by molar-refractivity contribution is 8.27. The average Bonchev–Trinajstić information content (AvgIpc) is 3.20. The highest BCUT2D eigenvalue weighted by atomic mass is 32.2. The summed E-state index contributed by atoms with van der Waals surface area (Å²) in [4.78, 5) is 16.2. The number of amides is 1. The van der Waals surface area contributed by atoms with E-state index in [0.717, 1.165) is 27.6 Å². The number of hydrazone groups is 1. The molecule has 0 fully saturated rings. The summed E-state index contributed by atoms with van der Waals surface area (Å²) in [5.41, 5.74) is 4.35. The molecule has 3 heterocycles. The van der Waals surface area contributed by atoms with Crippen molar-refractivity contribution >= 4 is 39.8 Å². The monoisotopic (exact) mass is 431 g/mol. The van der Waals surface area contributed by atoms with Crippen molar-refractivity contribution < 1.29 is 18.0 Å². The molecule has 2 aromatic rings. The maximum Gasteiger partial charge on any atom is 0.441 e. The van der Waals surface area contributed by atoms with E-state index < -0.39 is 23.0 Å². The topological polar surface area (TPSA) is 73.8 Å². The third kappa shape index (κ3) is 3.36. The lowest BCUT2D eigenvalue weighted by Crippen LogP contribution is -2.35. The van der Waals surface area contributed by atoms with E-state index in [4.69, 9.17) is 5.41 Å². The van der Waals surface area contributed by atoms with Gasteiger partial charge in [0.05, 0.1) is 5.57 Å². The summed E-state index contributed by atoms with van der Waals surface area (Å²) in [7, 11) is 0. The summed E-state index contributed by atoms with van der Waals surface area (Å²) in [6.45, 7) is 5.78. The fraction of sp³-hybridized carbons (Fsp3) is 0.200. The van der Waals surface area contributed by atoms with Crippen molar-refractivity contribution in [3.05, 3.63) is 58.4 Å². The summed E-state index contributed by atoms with van der Waals surface area (Å²) in [6, 6.07) is 9.77. The average molecular weight is 431 g/mol. The largest absolute Gasteiger partial charge is 0.441 e. The van der Waals surface area contributed by atoms with E-state index in [1.807, 2.05) is 55.7 Å². The van der Waals surface area contributed by atoms with E-state index in [-0.39, 0.29) is 22.5 Å². The van der Waals surface area contributed by atoms with Gasteiger partial charge in [0.15, 0.2) is 5.84 Å². The minimum absolute atomic E-state index is 0.115. The van der Waals surface area contributed by atoms with Crippen molar-refractivity contribution in [1.29, 1.82) is 5.41 Å². The molecule has 0 unspecified atom stereocenters. The number of hydrogen-bond acceptors (Lipinski definition) is 4. The lowest BCUT2D eigenvalue weighted by molar-refractivity contribution is -0.114. The van der Waals surface area contributed by atoms with Crippen LogP contribution in [0.5, 0.6) is 0 Å². The number of amidine groups is 2. The zero-order valence-electron chi connectivity index (χ0n) is 16.2. The van der Waals surface area contributed by atoms with Gasteiger partial charge in [-0.1, -0.05) is 12.1 Å². The molecule has 0 bridgehead atoms. The van der Waals surface area contributed by atoms with Crippen LogP contribution in [-0.4, -0.2) is 37.7 Å². The van der Waals surface area contributed by atoms with Crippen molar-refractivity contribution in [2.45, 2.75) is 26.9 Å². The summed E-state index contributed by atoms with van der Waals surface area (Å²) in [5.74, 6) is -1.20. The SMILES string of the molecule is Cc1cccc(-n2c(C)cc(/C=C3\C(=N)N4N=C(C(F)(F)F)SC4=NC3=O)c2C)c1. The fourth-order valence-electron chi connectivity index (χ4n) is 3.36. The lowest BCUT2D eigenvalue weighted by atomic mass is 10.1. The van der Waals surface area contributed by atoms with Crippen LogP contribution in [0.25, 0.3) is 11.8 Å². The molecule has 1 N–H and O–H groups in total.